The van der Waals surface area contributed by atoms with Crippen LogP contribution in [0.4, 0.5) is 0 Å². The number of hydrogen-bond donors (Lipinski definition) is 1. The molecule has 0 unspecified atom stereocenters. The van der Waals surface area contributed by atoms with E-state index in [4.69, 9.17) is 9.94 Å². The van der Waals surface area contributed by atoms with Crippen molar-refractivity contribution >= 4 is 17.8 Å². The van der Waals surface area contributed by atoms with Gasteiger partial charge < -0.3 is 15.2 Å². The van der Waals surface area contributed by atoms with Crippen molar-refractivity contribution in [2.24, 2.45) is 5.28 Å². The van der Waals surface area contributed by atoms with E-state index < -0.39 is 37.1 Å². The highest BCUT2D eigenvalue weighted by molar-refractivity contribution is 6.21. The van der Waals surface area contributed by atoms with E-state index in [1.165, 1.54) is 12.1 Å². The number of carboxylic acid groups (broad SMARTS) is 1. The summed E-state index contributed by atoms with van der Waals surface area (Å²) in [5.41, 5.74) is 0.500. The number of hydrogen-bond acceptors (Lipinski definition) is 6. The van der Waals surface area contributed by atoms with Gasteiger partial charge in [0.25, 0.3) is 11.8 Å². The molecule has 0 spiro atoms. The molecule has 1 aliphatic rings. The molecule has 24 heavy (non-hydrogen) atoms. The van der Waals surface area contributed by atoms with Crippen molar-refractivity contribution in [2.75, 3.05) is 13.3 Å². The maximum atomic E-state index is 12.1. The molecular formula is C14H16N4O6. The normalized spacial score (nSPS) is 14.1. The van der Waals surface area contributed by atoms with E-state index in [1.807, 2.05) is 0 Å². The number of fused-ring (bicyclic) bond motifs is 1. The van der Waals surface area contributed by atoms with Crippen molar-refractivity contribution in [3.8, 4) is 0 Å². The summed E-state index contributed by atoms with van der Waals surface area (Å²) < 4.78 is 0. The molecule has 0 saturated heterocycles. The molecule has 2 rings (SSSR count). The zero-order chi connectivity index (χ0) is 17.9. The fraction of sp³-hybridized carbons (Fsp3) is 0.357. The quantitative estimate of drug-likeness (QED) is 0.338. The monoisotopic (exact) mass is 336 g/mol. The fourth-order valence-corrected chi connectivity index (χ4v) is 2.12. The molecule has 0 radical (unpaired) electrons. The molecule has 0 atom stereocenters. The lowest BCUT2D eigenvalue weighted by Gasteiger charge is -2.19. The number of imide groups is 1. The molecule has 2 amide bonds. The van der Waals surface area contributed by atoms with E-state index in [0.717, 1.165) is 9.91 Å². The topological polar surface area (TPSA) is 126 Å². The summed E-state index contributed by atoms with van der Waals surface area (Å²) in [6.45, 7) is 2.09. The largest absolute Gasteiger partial charge is 0.569 e. The van der Waals surface area contributed by atoms with Gasteiger partial charge in [0.05, 0.1) is 22.1 Å². The van der Waals surface area contributed by atoms with Crippen molar-refractivity contribution in [1.29, 1.82) is 0 Å². The van der Waals surface area contributed by atoms with Gasteiger partial charge >= 0.3 is 5.97 Å². The van der Waals surface area contributed by atoms with E-state index in [9.17, 15) is 19.6 Å². The second-order valence-electron chi connectivity index (χ2n) is 5.26. The summed E-state index contributed by atoms with van der Waals surface area (Å²) in [6.07, 6.45) is 0. The summed E-state index contributed by atoms with van der Waals surface area (Å²) >= 11 is 0. The summed E-state index contributed by atoms with van der Waals surface area (Å²) in [4.78, 5) is 40.4. The number of aliphatic carboxylic acids is 1. The third-order valence-electron chi connectivity index (χ3n) is 3.31. The molecule has 0 aliphatic carbocycles. The molecule has 0 aromatic heterocycles. The predicted molar refractivity (Wildman–Crippen MR) is 78.4 cm³/mol. The number of carbonyl (C=O) groups is 3. The van der Waals surface area contributed by atoms with Gasteiger partial charge in [0, 0.05) is 0 Å². The van der Waals surface area contributed by atoms with Gasteiger partial charge in [0.1, 0.15) is 0 Å². The van der Waals surface area contributed by atoms with Gasteiger partial charge in [-0.15, -0.1) is 5.01 Å². The second kappa shape index (κ2) is 6.94. The molecule has 0 bridgehead atoms. The van der Waals surface area contributed by atoms with Gasteiger partial charge in [-0.05, 0) is 26.0 Å². The maximum absolute atomic E-state index is 12.1. The van der Waals surface area contributed by atoms with Crippen LogP contribution in [0, 0.1) is 5.21 Å². The Bertz CT molecular complexity index is 667. The van der Waals surface area contributed by atoms with Crippen LogP contribution in [0.15, 0.2) is 29.5 Å². The van der Waals surface area contributed by atoms with Crippen LogP contribution in [0.5, 0.6) is 0 Å². The Balaban J connectivity index is 2.02. The Morgan fingerprint density at radius 3 is 2.33 bits per heavy atom. The lowest BCUT2D eigenvalue weighted by atomic mass is 10.1. The lowest BCUT2D eigenvalue weighted by molar-refractivity contribution is -0.715. The molecule has 0 fully saturated rings. The van der Waals surface area contributed by atoms with Crippen LogP contribution in [-0.2, 0) is 9.63 Å². The second-order valence-corrected chi connectivity index (χ2v) is 5.26. The van der Waals surface area contributed by atoms with Crippen molar-refractivity contribution in [2.45, 2.75) is 19.9 Å². The summed E-state index contributed by atoms with van der Waals surface area (Å²) in [6, 6.07) is 5.85. The molecule has 0 saturated carbocycles. The first kappa shape index (κ1) is 17.2. The highest BCUT2D eigenvalue weighted by atomic mass is 16.7. The smallest absolute Gasteiger partial charge is 0.329 e. The van der Waals surface area contributed by atoms with Crippen LogP contribution in [0.3, 0.4) is 0 Å². The number of benzene rings is 1. The predicted octanol–water partition coefficient (Wildman–Crippen LogP) is 0.844. The number of carboxylic acids is 1. The standard InChI is InChI=1S/C14H16N4O6/c1-9(2)17(7-12(19)20)18(23)15-24-8-16-13(21)10-5-3-4-6-11(10)14(16)22/h3-6,9H,7-8H2,1-2H3,(H,19,20). The molecule has 10 nitrogen and oxygen atoms in total. The first-order valence-corrected chi connectivity index (χ1v) is 7.06. The minimum Gasteiger partial charge on any atom is -0.569 e. The summed E-state index contributed by atoms with van der Waals surface area (Å²) in [5.74, 6) is -2.30. The Kier molecular flexibility index (Phi) is 4.97. The van der Waals surface area contributed by atoms with Crippen LogP contribution < -0.4 is 0 Å². The average Bonchev–Trinajstić information content (AvgIpc) is 2.77. The SMILES string of the molecule is CC(C)N(CC(=O)O)[N+]([O-])=NOCN1C(=O)c2ccccc2C1=O. The highest BCUT2D eigenvalue weighted by Crippen LogP contribution is 2.22. The zero-order valence-corrected chi connectivity index (χ0v) is 13.1. The number of rotatable bonds is 7. The molecule has 1 heterocycles. The zero-order valence-electron chi connectivity index (χ0n) is 13.1. The summed E-state index contributed by atoms with van der Waals surface area (Å²) in [5, 5.41) is 24.6. The molecule has 1 aliphatic heterocycles. The first-order valence-electron chi connectivity index (χ1n) is 7.06. The number of carbonyl (C=O) groups excluding carboxylic acids is 2. The first-order chi connectivity index (χ1) is 11.3. The van der Waals surface area contributed by atoms with Crippen molar-refractivity contribution in [3.63, 3.8) is 0 Å². The van der Waals surface area contributed by atoms with Gasteiger partial charge in [-0.2, -0.15) is 0 Å². The lowest BCUT2D eigenvalue weighted by Crippen LogP contribution is -2.41. The fourth-order valence-electron chi connectivity index (χ4n) is 2.12. The van der Waals surface area contributed by atoms with E-state index in [1.54, 1.807) is 26.0 Å². The van der Waals surface area contributed by atoms with E-state index in [2.05, 4.69) is 5.28 Å². The number of hydrazine groups is 1. The van der Waals surface area contributed by atoms with Crippen molar-refractivity contribution < 1.29 is 29.3 Å². The van der Waals surface area contributed by atoms with E-state index in [0.29, 0.717) is 0 Å². The Labute approximate surface area is 137 Å². The summed E-state index contributed by atoms with van der Waals surface area (Å²) in [7, 11) is 0. The third-order valence-corrected chi connectivity index (χ3v) is 3.31. The van der Waals surface area contributed by atoms with Crippen LogP contribution in [-0.4, -0.2) is 57.1 Å². The van der Waals surface area contributed by atoms with Crippen LogP contribution in [0.1, 0.15) is 34.6 Å². The average molecular weight is 336 g/mol. The molecule has 128 valence electrons. The number of nitrogens with zero attached hydrogens (tertiary/aromatic N) is 4. The third kappa shape index (κ3) is 3.42. The van der Waals surface area contributed by atoms with Crippen LogP contribution in [0.25, 0.3) is 0 Å². The van der Waals surface area contributed by atoms with E-state index in [-0.39, 0.29) is 16.1 Å². The van der Waals surface area contributed by atoms with Gasteiger partial charge in [-0.25, -0.2) is 4.90 Å². The molecular weight excluding hydrogens is 320 g/mol. The molecule has 1 aromatic carbocycles. The van der Waals surface area contributed by atoms with Crippen LogP contribution in [0.2, 0.25) is 0 Å². The van der Waals surface area contributed by atoms with E-state index >= 15 is 0 Å². The molecule has 1 aromatic rings. The van der Waals surface area contributed by atoms with Crippen molar-refractivity contribution in [3.05, 3.63) is 40.6 Å². The van der Waals surface area contributed by atoms with Crippen LogP contribution >= 0.6 is 0 Å². The number of amides is 2. The van der Waals surface area contributed by atoms with Crippen molar-refractivity contribution in [1.82, 2.24) is 9.91 Å². The Hall–Kier alpha value is -3.17. The molecule has 1 N–H and O–H groups in total. The Morgan fingerprint density at radius 1 is 1.33 bits per heavy atom. The Morgan fingerprint density at radius 2 is 1.88 bits per heavy atom. The van der Waals surface area contributed by atoms with Gasteiger partial charge in [-0.3, -0.25) is 14.4 Å². The minimum absolute atomic E-state index is 0.0169. The maximum Gasteiger partial charge on any atom is 0.329 e. The molecule has 10 heteroatoms. The minimum atomic E-state index is -1.21. The highest BCUT2D eigenvalue weighted by Gasteiger charge is 2.35. The van der Waals surface area contributed by atoms with Gasteiger partial charge in [0.15, 0.2) is 6.54 Å². The van der Waals surface area contributed by atoms with Gasteiger partial charge in [-0.1, -0.05) is 12.1 Å². The van der Waals surface area contributed by atoms with Gasteiger partial charge in [0.2, 0.25) is 12.0 Å².